The van der Waals surface area contributed by atoms with Gasteiger partial charge in [0, 0.05) is 13.2 Å². The molecular weight excluding hydrogens is 195 g/mol. The number of anilines is 1. The molecule has 1 heterocycles. The third-order valence-electron chi connectivity index (χ3n) is 2.41. The Morgan fingerprint density at radius 3 is 2.87 bits per heavy atom. The molecule has 0 fully saturated rings. The smallest absolute Gasteiger partial charge is 0.141 e. The van der Waals surface area contributed by atoms with E-state index >= 15 is 0 Å². The number of halogens is 1. The second-order valence-electron chi connectivity index (χ2n) is 3.53. The van der Waals surface area contributed by atoms with Crippen LogP contribution in [0.1, 0.15) is 19.8 Å². The van der Waals surface area contributed by atoms with Crippen molar-refractivity contribution in [1.82, 2.24) is 4.98 Å². The minimum absolute atomic E-state index is 0.205. The van der Waals surface area contributed by atoms with Crippen LogP contribution in [0.15, 0.2) is 18.3 Å². The summed E-state index contributed by atoms with van der Waals surface area (Å²) in [6.45, 7) is 3.05. The van der Waals surface area contributed by atoms with Gasteiger partial charge in [-0.05, 0) is 24.5 Å². The maximum absolute atomic E-state index is 12.5. The van der Waals surface area contributed by atoms with E-state index in [0.717, 1.165) is 19.4 Å². The van der Waals surface area contributed by atoms with Crippen LogP contribution in [0.25, 0.3) is 0 Å². The number of aliphatic hydroxyl groups is 1. The van der Waals surface area contributed by atoms with Gasteiger partial charge in [-0.25, -0.2) is 9.37 Å². The van der Waals surface area contributed by atoms with Crippen LogP contribution in [0, 0.1) is 11.7 Å². The van der Waals surface area contributed by atoms with Gasteiger partial charge in [0.05, 0.1) is 6.20 Å². The molecule has 0 radical (unpaired) electrons. The van der Waals surface area contributed by atoms with Crippen LogP contribution >= 0.6 is 0 Å². The number of aliphatic hydroxyl groups excluding tert-OH is 1. The summed E-state index contributed by atoms with van der Waals surface area (Å²) < 4.78 is 12.5. The van der Waals surface area contributed by atoms with E-state index in [9.17, 15) is 4.39 Å². The van der Waals surface area contributed by atoms with Crippen LogP contribution in [0.2, 0.25) is 0 Å². The van der Waals surface area contributed by atoms with Crippen molar-refractivity contribution >= 4 is 5.82 Å². The highest BCUT2D eigenvalue weighted by atomic mass is 19.1. The molecule has 1 unspecified atom stereocenters. The molecule has 1 aromatic rings. The normalized spacial score (nSPS) is 12.5. The van der Waals surface area contributed by atoms with Gasteiger partial charge in [-0.1, -0.05) is 13.3 Å². The Morgan fingerprint density at radius 2 is 2.33 bits per heavy atom. The second kappa shape index (κ2) is 6.35. The molecule has 1 aromatic heterocycles. The average molecular weight is 212 g/mol. The maximum Gasteiger partial charge on any atom is 0.141 e. The first-order valence-electron chi connectivity index (χ1n) is 5.22. The van der Waals surface area contributed by atoms with Gasteiger partial charge in [0.1, 0.15) is 11.6 Å². The summed E-state index contributed by atoms with van der Waals surface area (Å²) >= 11 is 0. The molecule has 0 aliphatic heterocycles. The van der Waals surface area contributed by atoms with Crippen molar-refractivity contribution in [3.8, 4) is 0 Å². The van der Waals surface area contributed by atoms with E-state index < -0.39 is 0 Å². The van der Waals surface area contributed by atoms with Crippen molar-refractivity contribution in [3.63, 3.8) is 0 Å². The zero-order chi connectivity index (χ0) is 11.1. The van der Waals surface area contributed by atoms with E-state index in [4.69, 9.17) is 5.11 Å². The van der Waals surface area contributed by atoms with Crippen LogP contribution in [-0.4, -0.2) is 23.2 Å². The standard InChI is InChI=1S/C11H17FN2O/c1-2-9(5-6-15)7-13-11-4-3-10(12)8-14-11/h3-4,8-9,15H,2,5-7H2,1H3,(H,13,14). The van der Waals surface area contributed by atoms with Gasteiger partial charge in [-0.3, -0.25) is 0 Å². The molecule has 2 N–H and O–H groups in total. The molecule has 1 rings (SSSR count). The van der Waals surface area contributed by atoms with Crippen LogP contribution < -0.4 is 5.32 Å². The van der Waals surface area contributed by atoms with Gasteiger partial charge in [-0.2, -0.15) is 0 Å². The number of nitrogens with one attached hydrogen (secondary N) is 1. The van der Waals surface area contributed by atoms with Gasteiger partial charge in [-0.15, -0.1) is 0 Å². The van der Waals surface area contributed by atoms with E-state index in [2.05, 4.69) is 17.2 Å². The average Bonchev–Trinajstić information content (AvgIpc) is 2.26. The van der Waals surface area contributed by atoms with Crippen LogP contribution in [0.4, 0.5) is 10.2 Å². The lowest BCUT2D eigenvalue weighted by molar-refractivity contribution is 0.258. The Hall–Kier alpha value is -1.16. The number of hydrogen-bond donors (Lipinski definition) is 2. The quantitative estimate of drug-likeness (QED) is 0.758. The highest BCUT2D eigenvalue weighted by molar-refractivity contribution is 5.33. The molecule has 0 aromatic carbocycles. The lowest BCUT2D eigenvalue weighted by atomic mass is 10.0. The molecule has 0 aliphatic rings. The SMILES string of the molecule is CCC(CCO)CNc1ccc(F)cn1. The Bertz CT molecular complexity index is 276. The number of hydrogen-bond acceptors (Lipinski definition) is 3. The number of aromatic nitrogens is 1. The van der Waals surface area contributed by atoms with Crippen molar-refractivity contribution in [2.24, 2.45) is 5.92 Å². The molecule has 0 spiro atoms. The monoisotopic (exact) mass is 212 g/mol. The zero-order valence-corrected chi connectivity index (χ0v) is 8.91. The summed E-state index contributed by atoms with van der Waals surface area (Å²) in [5.74, 6) is 0.776. The fourth-order valence-electron chi connectivity index (χ4n) is 1.36. The lowest BCUT2D eigenvalue weighted by Gasteiger charge is -2.14. The summed E-state index contributed by atoms with van der Waals surface area (Å²) in [5.41, 5.74) is 0. The topological polar surface area (TPSA) is 45.1 Å². The highest BCUT2D eigenvalue weighted by Gasteiger charge is 2.05. The van der Waals surface area contributed by atoms with Crippen molar-refractivity contribution in [2.75, 3.05) is 18.5 Å². The Kier molecular flexibility index (Phi) is 5.04. The number of nitrogens with zero attached hydrogens (tertiary/aromatic N) is 1. The van der Waals surface area contributed by atoms with E-state index in [0.29, 0.717) is 11.7 Å². The Balaban J connectivity index is 2.38. The van der Waals surface area contributed by atoms with Crippen LogP contribution in [0.3, 0.4) is 0 Å². The van der Waals surface area contributed by atoms with Crippen molar-refractivity contribution in [3.05, 3.63) is 24.1 Å². The molecule has 0 amide bonds. The Morgan fingerprint density at radius 1 is 1.53 bits per heavy atom. The van der Waals surface area contributed by atoms with E-state index in [1.54, 1.807) is 6.07 Å². The largest absolute Gasteiger partial charge is 0.396 e. The molecule has 0 saturated carbocycles. The summed E-state index contributed by atoms with van der Waals surface area (Å²) in [7, 11) is 0. The first-order chi connectivity index (χ1) is 7.26. The molecule has 4 heteroatoms. The van der Waals surface area contributed by atoms with Gasteiger partial charge in [0.15, 0.2) is 0 Å². The van der Waals surface area contributed by atoms with Crippen LogP contribution in [0.5, 0.6) is 0 Å². The first kappa shape index (κ1) is 11.9. The molecule has 0 saturated heterocycles. The molecule has 0 aliphatic carbocycles. The van der Waals surface area contributed by atoms with Gasteiger partial charge in [0.2, 0.25) is 0 Å². The van der Waals surface area contributed by atoms with Crippen molar-refractivity contribution < 1.29 is 9.50 Å². The molecule has 1 atom stereocenters. The summed E-state index contributed by atoms with van der Waals surface area (Å²) in [6.07, 6.45) is 2.98. The maximum atomic E-state index is 12.5. The number of pyridine rings is 1. The minimum Gasteiger partial charge on any atom is -0.396 e. The fourth-order valence-corrected chi connectivity index (χ4v) is 1.36. The molecule has 84 valence electrons. The highest BCUT2D eigenvalue weighted by Crippen LogP contribution is 2.10. The van der Waals surface area contributed by atoms with Crippen molar-refractivity contribution in [1.29, 1.82) is 0 Å². The molecular formula is C11H17FN2O. The fraction of sp³-hybridized carbons (Fsp3) is 0.545. The van der Waals surface area contributed by atoms with E-state index in [1.165, 1.54) is 12.3 Å². The molecule has 0 bridgehead atoms. The third kappa shape index (κ3) is 4.25. The first-order valence-corrected chi connectivity index (χ1v) is 5.22. The summed E-state index contributed by atoms with van der Waals surface area (Å²) in [6, 6.07) is 2.99. The van der Waals surface area contributed by atoms with Gasteiger partial charge < -0.3 is 10.4 Å². The van der Waals surface area contributed by atoms with E-state index in [-0.39, 0.29) is 12.4 Å². The van der Waals surface area contributed by atoms with Gasteiger partial charge >= 0.3 is 0 Å². The summed E-state index contributed by atoms with van der Waals surface area (Å²) in [4.78, 5) is 3.90. The van der Waals surface area contributed by atoms with E-state index in [1.807, 2.05) is 0 Å². The Labute approximate surface area is 89.4 Å². The summed E-state index contributed by atoms with van der Waals surface area (Å²) in [5, 5.41) is 11.9. The number of rotatable bonds is 6. The lowest BCUT2D eigenvalue weighted by Crippen LogP contribution is -2.15. The third-order valence-corrected chi connectivity index (χ3v) is 2.41. The van der Waals surface area contributed by atoms with Gasteiger partial charge in [0.25, 0.3) is 0 Å². The second-order valence-corrected chi connectivity index (χ2v) is 3.53. The molecule has 15 heavy (non-hydrogen) atoms. The predicted octanol–water partition coefficient (Wildman–Crippen LogP) is 2.04. The molecule has 3 nitrogen and oxygen atoms in total. The van der Waals surface area contributed by atoms with Crippen LogP contribution in [-0.2, 0) is 0 Å². The van der Waals surface area contributed by atoms with Crippen molar-refractivity contribution in [2.45, 2.75) is 19.8 Å². The zero-order valence-electron chi connectivity index (χ0n) is 8.91. The minimum atomic E-state index is -0.331. The predicted molar refractivity (Wildman–Crippen MR) is 58.2 cm³/mol.